The van der Waals surface area contributed by atoms with Gasteiger partial charge in [0.2, 0.25) is 0 Å². The zero-order chi connectivity index (χ0) is 16.1. The summed E-state index contributed by atoms with van der Waals surface area (Å²) < 4.78 is 77.2. The van der Waals surface area contributed by atoms with E-state index in [0.717, 1.165) is 25.0 Å². The van der Waals surface area contributed by atoms with E-state index in [0.29, 0.717) is 12.0 Å². The molecule has 3 rings (SSSR count). The van der Waals surface area contributed by atoms with Gasteiger partial charge in [0.05, 0.1) is 11.1 Å². The largest absolute Gasteiger partial charge is 0.416 e. The zero-order valence-corrected chi connectivity index (χ0v) is 11.4. The molecule has 0 aliphatic carbocycles. The molecule has 0 amide bonds. The second-order valence-corrected chi connectivity index (χ2v) is 5.74. The maximum Gasteiger partial charge on any atom is 0.416 e. The van der Waals surface area contributed by atoms with E-state index in [-0.39, 0.29) is 23.7 Å². The maximum absolute atomic E-state index is 12.9. The van der Waals surface area contributed by atoms with Crippen molar-refractivity contribution in [1.82, 2.24) is 5.32 Å². The third kappa shape index (κ3) is 2.99. The molecule has 22 heavy (non-hydrogen) atoms. The Kier molecular flexibility index (Phi) is 3.51. The molecular weight excluding hydrogens is 308 g/mol. The molecule has 0 aromatic heterocycles. The molecule has 120 valence electrons. The predicted octanol–water partition coefficient (Wildman–Crippen LogP) is 4.63. The van der Waals surface area contributed by atoms with Crippen LogP contribution < -0.4 is 5.32 Å². The molecule has 1 nitrogen and oxygen atoms in total. The first kappa shape index (κ1) is 15.4. The second kappa shape index (κ2) is 5.01. The molecule has 1 saturated heterocycles. The van der Waals surface area contributed by atoms with Crippen molar-refractivity contribution in [3.63, 3.8) is 0 Å². The van der Waals surface area contributed by atoms with Crippen molar-refractivity contribution >= 4 is 5.57 Å². The summed E-state index contributed by atoms with van der Waals surface area (Å²) >= 11 is 0. The minimum Gasteiger partial charge on any atom is -0.307 e. The van der Waals surface area contributed by atoms with Crippen molar-refractivity contribution < 1.29 is 26.3 Å². The summed E-state index contributed by atoms with van der Waals surface area (Å²) in [5, 5.41) is 3.26. The molecule has 1 fully saturated rings. The third-order valence-electron chi connectivity index (χ3n) is 4.10. The Morgan fingerprint density at radius 3 is 1.95 bits per heavy atom. The van der Waals surface area contributed by atoms with Crippen LogP contribution in [0.5, 0.6) is 0 Å². The lowest BCUT2D eigenvalue weighted by Crippen LogP contribution is -2.32. The van der Waals surface area contributed by atoms with Crippen molar-refractivity contribution in [1.29, 1.82) is 0 Å². The van der Waals surface area contributed by atoms with Gasteiger partial charge in [-0.3, -0.25) is 0 Å². The lowest BCUT2D eigenvalue weighted by atomic mass is 9.93. The lowest BCUT2D eigenvalue weighted by molar-refractivity contribution is -0.143. The van der Waals surface area contributed by atoms with Gasteiger partial charge in [0.1, 0.15) is 0 Å². The first-order valence-electron chi connectivity index (χ1n) is 6.89. The Morgan fingerprint density at radius 2 is 1.45 bits per heavy atom. The van der Waals surface area contributed by atoms with Crippen molar-refractivity contribution in [3.8, 4) is 0 Å². The van der Waals surface area contributed by atoms with Crippen LogP contribution >= 0.6 is 0 Å². The highest BCUT2D eigenvalue weighted by Gasteiger charge is 2.38. The standard InChI is InChI=1S/C15H13F6N/c16-14(17,18)10-3-8(4-11(7-10)15(19,20)21)9-5-12-1-2-13(6-9)22-12/h3-5,7,12-13,22H,1-2,6H2. The molecule has 0 spiro atoms. The number of benzene rings is 1. The smallest absolute Gasteiger partial charge is 0.307 e. The van der Waals surface area contributed by atoms with Gasteiger partial charge >= 0.3 is 12.4 Å². The van der Waals surface area contributed by atoms with Gasteiger partial charge < -0.3 is 5.32 Å². The second-order valence-electron chi connectivity index (χ2n) is 5.74. The quantitative estimate of drug-likeness (QED) is 0.744. The van der Waals surface area contributed by atoms with E-state index in [1.54, 1.807) is 6.08 Å². The maximum atomic E-state index is 12.9. The minimum absolute atomic E-state index is 0.0144. The normalized spacial score (nSPS) is 25.3. The molecule has 0 radical (unpaired) electrons. The summed E-state index contributed by atoms with van der Waals surface area (Å²) in [4.78, 5) is 0. The molecule has 1 aromatic carbocycles. The fourth-order valence-corrected chi connectivity index (χ4v) is 3.07. The lowest BCUT2D eigenvalue weighted by Gasteiger charge is -2.23. The van der Waals surface area contributed by atoms with E-state index in [1.807, 2.05) is 0 Å². The molecule has 2 bridgehead atoms. The molecule has 1 N–H and O–H groups in total. The first-order chi connectivity index (χ1) is 10.1. The highest BCUT2D eigenvalue weighted by atomic mass is 19.4. The Hall–Kier alpha value is -1.50. The van der Waals surface area contributed by atoms with E-state index in [1.165, 1.54) is 0 Å². The number of halogens is 6. The molecule has 0 saturated carbocycles. The van der Waals surface area contributed by atoms with Gasteiger partial charge in [0.15, 0.2) is 0 Å². The molecule has 2 aliphatic heterocycles. The van der Waals surface area contributed by atoms with Gasteiger partial charge in [-0.15, -0.1) is 0 Å². The fourth-order valence-electron chi connectivity index (χ4n) is 3.07. The third-order valence-corrected chi connectivity index (χ3v) is 4.10. The van der Waals surface area contributed by atoms with Gasteiger partial charge in [-0.05, 0) is 48.6 Å². The van der Waals surface area contributed by atoms with Crippen LogP contribution in [0.2, 0.25) is 0 Å². The van der Waals surface area contributed by atoms with Crippen LogP contribution in [0.15, 0.2) is 24.3 Å². The van der Waals surface area contributed by atoms with Gasteiger partial charge in [-0.25, -0.2) is 0 Å². The molecule has 2 aliphatic rings. The van der Waals surface area contributed by atoms with E-state index >= 15 is 0 Å². The van der Waals surface area contributed by atoms with Crippen LogP contribution in [0.3, 0.4) is 0 Å². The number of fused-ring (bicyclic) bond motifs is 2. The molecule has 2 unspecified atom stereocenters. The molecule has 2 atom stereocenters. The van der Waals surface area contributed by atoms with Crippen LogP contribution in [0.1, 0.15) is 36.0 Å². The van der Waals surface area contributed by atoms with Crippen LogP contribution in [0.25, 0.3) is 5.57 Å². The molecule has 2 heterocycles. The zero-order valence-electron chi connectivity index (χ0n) is 11.4. The summed E-state index contributed by atoms with van der Waals surface area (Å²) in [5.41, 5.74) is -1.95. The first-order valence-corrected chi connectivity index (χ1v) is 6.89. The van der Waals surface area contributed by atoms with E-state index < -0.39 is 23.5 Å². The number of rotatable bonds is 1. The fraction of sp³-hybridized carbons (Fsp3) is 0.467. The Morgan fingerprint density at radius 1 is 0.864 bits per heavy atom. The van der Waals surface area contributed by atoms with Crippen LogP contribution in [0, 0.1) is 0 Å². The van der Waals surface area contributed by atoms with Crippen molar-refractivity contribution in [2.75, 3.05) is 0 Å². The van der Waals surface area contributed by atoms with Crippen LogP contribution in [-0.4, -0.2) is 12.1 Å². The Bertz CT molecular complexity index is 581. The van der Waals surface area contributed by atoms with Crippen LogP contribution in [0.4, 0.5) is 26.3 Å². The van der Waals surface area contributed by atoms with Gasteiger partial charge in [0, 0.05) is 12.1 Å². The molecule has 7 heteroatoms. The average molecular weight is 321 g/mol. The highest BCUT2D eigenvalue weighted by Crippen LogP contribution is 2.39. The minimum atomic E-state index is -4.80. The summed E-state index contributed by atoms with van der Waals surface area (Å²) in [5.74, 6) is 0. The summed E-state index contributed by atoms with van der Waals surface area (Å²) in [7, 11) is 0. The Labute approximate surface area is 123 Å². The SMILES string of the molecule is FC(F)(F)c1cc(C2=CC3CCC(C2)N3)cc(C(F)(F)F)c1. The van der Waals surface area contributed by atoms with Crippen molar-refractivity contribution in [2.45, 2.75) is 43.7 Å². The van der Waals surface area contributed by atoms with E-state index in [9.17, 15) is 26.3 Å². The number of nitrogens with one attached hydrogen (secondary N) is 1. The number of hydrogen-bond donors (Lipinski definition) is 1. The van der Waals surface area contributed by atoms with Gasteiger partial charge in [-0.2, -0.15) is 26.3 Å². The van der Waals surface area contributed by atoms with Gasteiger partial charge in [0.25, 0.3) is 0 Å². The number of alkyl halides is 6. The monoisotopic (exact) mass is 321 g/mol. The van der Waals surface area contributed by atoms with E-state index in [2.05, 4.69) is 5.32 Å². The summed E-state index contributed by atoms with van der Waals surface area (Å²) in [6.45, 7) is 0. The van der Waals surface area contributed by atoms with Crippen molar-refractivity contribution in [3.05, 3.63) is 41.0 Å². The van der Waals surface area contributed by atoms with Crippen molar-refractivity contribution in [2.24, 2.45) is 0 Å². The van der Waals surface area contributed by atoms with Crippen LogP contribution in [-0.2, 0) is 12.4 Å². The van der Waals surface area contributed by atoms with E-state index in [4.69, 9.17) is 0 Å². The number of hydrogen-bond acceptors (Lipinski definition) is 1. The summed E-state index contributed by atoms with van der Waals surface area (Å²) in [6.07, 6.45) is -5.66. The summed E-state index contributed by atoms with van der Waals surface area (Å²) in [6, 6.07) is 1.96. The average Bonchev–Trinajstić information content (AvgIpc) is 2.75. The van der Waals surface area contributed by atoms with Gasteiger partial charge in [-0.1, -0.05) is 6.08 Å². The predicted molar refractivity (Wildman–Crippen MR) is 69.0 cm³/mol. The molecule has 1 aromatic rings. The highest BCUT2D eigenvalue weighted by molar-refractivity contribution is 5.69. The topological polar surface area (TPSA) is 12.0 Å². The Balaban J connectivity index is 2.07. The molecular formula is C15H13F6N.